The minimum absolute atomic E-state index is 0.0206. The number of rotatable bonds is 8. The smallest absolute Gasteiger partial charge is 0.308 e. The maximum atomic E-state index is 11.7. The molecule has 0 amide bonds. The van der Waals surface area contributed by atoms with Crippen LogP contribution in [-0.4, -0.2) is 13.1 Å². The molecule has 3 aliphatic rings. The van der Waals surface area contributed by atoms with Crippen molar-refractivity contribution < 1.29 is 9.53 Å². The van der Waals surface area contributed by atoms with E-state index in [4.69, 9.17) is 4.74 Å². The van der Waals surface area contributed by atoms with Crippen LogP contribution in [0.1, 0.15) is 110 Å². The number of hydrogen-bond donors (Lipinski definition) is 0. The van der Waals surface area contributed by atoms with E-state index >= 15 is 0 Å². The molecule has 0 saturated heterocycles. The third-order valence-corrected chi connectivity index (χ3v) is 8.55. The van der Waals surface area contributed by atoms with Crippen LogP contribution in [0.5, 0.6) is 0 Å². The summed E-state index contributed by atoms with van der Waals surface area (Å²) in [5.41, 5.74) is 0. The molecule has 0 N–H and O–H groups in total. The Morgan fingerprint density at radius 2 is 1.28 bits per heavy atom. The van der Waals surface area contributed by atoms with Crippen LogP contribution in [0.15, 0.2) is 12.2 Å². The Balaban J connectivity index is 1.31. The van der Waals surface area contributed by atoms with Crippen LogP contribution < -0.4 is 0 Å². The molecule has 0 radical (unpaired) electrons. The minimum Gasteiger partial charge on any atom is -0.469 e. The Morgan fingerprint density at radius 3 is 1.79 bits per heavy atom. The van der Waals surface area contributed by atoms with Crippen LogP contribution in [0.25, 0.3) is 0 Å². The van der Waals surface area contributed by atoms with Gasteiger partial charge >= 0.3 is 5.97 Å². The lowest BCUT2D eigenvalue weighted by Gasteiger charge is -2.37. The number of ether oxygens (including phenoxy) is 1. The molecule has 0 aliphatic heterocycles. The first kappa shape index (κ1) is 22.9. The van der Waals surface area contributed by atoms with Gasteiger partial charge in [0, 0.05) is 0 Å². The molecule has 3 rings (SSSR count). The van der Waals surface area contributed by atoms with Gasteiger partial charge in [0.2, 0.25) is 0 Å². The SMILES string of the molecule is CCCCC[C@H]1CC[C@H](/C=C/[C@H]2CC[C@H](C3CCC(C(=O)OC)CC3)CC2)CC1. The lowest BCUT2D eigenvalue weighted by Crippen LogP contribution is -2.28. The molecule has 0 spiro atoms. The second kappa shape index (κ2) is 12.2. The predicted molar refractivity (Wildman–Crippen MR) is 122 cm³/mol. The van der Waals surface area contributed by atoms with E-state index in [1.807, 2.05) is 0 Å². The Kier molecular flexibility index (Phi) is 9.59. The highest BCUT2D eigenvalue weighted by molar-refractivity contribution is 5.72. The van der Waals surface area contributed by atoms with Gasteiger partial charge in [-0.3, -0.25) is 4.79 Å². The molecule has 2 nitrogen and oxygen atoms in total. The zero-order valence-corrected chi connectivity index (χ0v) is 19.2. The van der Waals surface area contributed by atoms with Crippen molar-refractivity contribution >= 4 is 5.97 Å². The molecular formula is C27H46O2. The summed E-state index contributed by atoms with van der Waals surface area (Å²) in [7, 11) is 1.53. The lowest BCUT2D eigenvalue weighted by atomic mass is 9.69. The quantitative estimate of drug-likeness (QED) is 0.236. The molecule has 3 fully saturated rings. The van der Waals surface area contributed by atoms with Gasteiger partial charge in [-0.15, -0.1) is 0 Å². The summed E-state index contributed by atoms with van der Waals surface area (Å²) in [6.45, 7) is 2.31. The van der Waals surface area contributed by atoms with Gasteiger partial charge in [-0.2, -0.15) is 0 Å². The molecule has 0 atom stereocenters. The summed E-state index contributed by atoms with van der Waals surface area (Å²) in [4.78, 5) is 11.7. The van der Waals surface area contributed by atoms with Crippen molar-refractivity contribution in [3.05, 3.63) is 12.2 Å². The van der Waals surface area contributed by atoms with E-state index < -0.39 is 0 Å². The summed E-state index contributed by atoms with van der Waals surface area (Å²) in [6, 6.07) is 0. The topological polar surface area (TPSA) is 26.3 Å². The largest absolute Gasteiger partial charge is 0.469 e. The van der Waals surface area contributed by atoms with Gasteiger partial charge in [0.05, 0.1) is 13.0 Å². The number of unbranched alkanes of at least 4 members (excludes halogenated alkanes) is 2. The van der Waals surface area contributed by atoms with Gasteiger partial charge in [-0.05, 0) is 107 Å². The fourth-order valence-corrected chi connectivity index (χ4v) is 6.47. The van der Waals surface area contributed by atoms with E-state index in [0.717, 1.165) is 42.4 Å². The number of carbonyl (C=O) groups is 1. The minimum atomic E-state index is 0.0206. The first-order chi connectivity index (χ1) is 14.2. The third kappa shape index (κ3) is 7.14. The second-order valence-corrected chi connectivity index (χ2v) is 10.5. The summed E-state index contributed by atoms with van der Waals surface area (Å²) in [5.74, 6) is 4.70. The van der Waals surface area contributed by atoms with E-state index in [1.54, 1.807) is 0 Å². The number of allylic oxidation sites excluding steroid dienone is 2. The van der Waals surface area contributed by atoms with Crippen LogP contribution in [0.3, 0.4) is 0 Å². The van der Waals surface area contributed by atoms with Crippen molar-refractivity contribution in [3.8, 4) is 0 Å². The fourth-order valence-electron chi connectivity index (χ4n) is 6.47. The molecule has 3 saturated carbocycles. The monoisotopic (exact) mass is 402 g/mol. The third-order valence-electron chi connectivity index (χ3n) is 8.55. The van der Waals surface area contributed by atoms with Gasteiger partial charge in [-0.25, -0.2) is 0 Å². The fraction of sp³-hybridized carbons (Fsp3) is 0.889. The number of methoxy groups -OCH3 is 1. The maximum Gasteiger partial charge on any atom is 0.308 e. The first-order valence-electron chi connectivity index (χ1n) is 13.0. The molecule has 166 valence electrons. The zero-order valence-electron chi connectivity index (χ0n) is 19.2. The molecule has 0 aromatic carbocycles. The standard InChI is InChI=1S/C27H46O2/c1-3-4-5-6-21-7-9-22(10-8-21)11-12-23-13-15-24(16-14-23)25-17-19-26(20-18-25)27(28)29-2/h11-12,21-26H,3-10,13-20H2,1-2H3/b12-11+/t21-,22-,23-,24-,25?,26?. The summed E-state index contributed by atoms with van der Waals surface area (Å²) < 4.78 is 4.94. The van der Waals surface area contributed by atoms with Gasteiger partial charge in [-0.1, -0.05) is 44.8 Å². The van der Waals surface area contributed by atoms with E-state index in [9.17, 15) is 4.79 Å². The zero-order chi connectivity index (χ0) is 20.5. The Labute approximate surface area is 180 Å². The highest BCUT2D eigenvalue weighted by Gasteiger charge is 2.33. The molecule has 0 unspecified atom stereocenters. The maximum absolute atomic E-state index is 11.7. The highest BCUT2D eigenvalue weighted by atomic mass is 16.5. The Morgan fingerprint density at radius 1 is 0.759 bits per heavy atom. The van der Waals surface area contributed by atoms with Gasteiger partial charge in [0.15, 0.2) is 0 Å². The van der Waals surface area contributed by atoms with Crippen molar-refractivity contribution in [2.75, 3.05) is 7.11 Å². The molecule has 0 bridgehead atoms. The molecule has 29 heavy (non-hydrogen) atoms. The highest BCUT2D eigenvalue weighted by Crippen LogP contribution is 2.42. The average Bonchev–Trinajstić information content (AvgIpc) is 2.78. The first-order valence-corrected chi connectivity index (χ1v) is 13.0. The van der Waals surface area contributed by atoms with Crippen molar-refractivity contribution in [1.82, 2.24) is 0 Å². The molecule has 2 heteroatoms. The summed E-state index contributed by atoms with van der Waals surface area (Å²) >= 11 is 0. The Bertz CT molecular complexity index is 487. The van der Waals surface area contributed by atoms with Crippen LogP contribution in [0.2, 0.25) is 0 Å². The van der Waals surface area contributed by atoms with E-state index in [-0.39, 0.29) is 11.9 Å². The number of esters is 1. The summed E-state index contributed by atoms with van der Waals surface area (Å²) in [5, 5.41) is 0. The predicted octanol–water partition coefficient (Wildman–Crippen LogP) is 7.72. The van der Waals surface area contributed by atoms with Gasteiger partial charge < -0.3 is 4.74 Å². The van der Waals surface area contributed by atoms with Crippen LogP contribution >= 0.6 is 0 Å². The lowest BCUT2D eigenvalue weighted by molar-refractivity contribution is -0.147. The average molecular weight is 403 g/mol. The van der Waals surface area contributed by atoms with Crippen LogP contribution in [-0.2, 0) is 9.53 Å². The molecule has 0 aromatic rings. The summed E-state index contributed by atoms with van der Waals surface area (Å²) in [6.07, 6.45) is 26.9. The van der Waals surface area contributed by atoms with Gasteiger partial charge in [0.1, 0.15) is 0 Å². The van der Waals surface area contributed by atoms with Crippen molar-refractivity contribution in [2.24, 2.45) is 35.5 Å². The molecular weight excluding hydrogens is 356 g/mol. The van der Waals surface area contributed by atoms with Crippen LogP contribution in [0.4, 0.5) is 0 Å². The number of carbonyl (C=O) groups excluding carboxylic acids is 1. The number of hydrogen-bond acceptors (Lipinski definition) is 2. The van der Waals surface area contributed by atoms with Crippen molar-refractivity contribution in [3.63, 3.8) is 0 Å². The molecule has 3 aliphatic carbocycles. The Hall–Kier alpha value is -0.790. The second-order valence-electron chi connectivity index (χ2n) is 10.5. The van der Waals surface area contributed by atoms with E-state index in [0.29, 0.717) is 0 Å². The van der Waals surface area contributed by atoms with Crippen LogP contribution in [0, 0.1) is 35.5 Å². The van der Waals surface area contributed by atoms with Gasteiger partial charge in [0.25, 0.3) is 0 Å². The van der Waals surface area contributed by atoms with Crippen molar-refractivity contribution in [2.45, 2.75) is 110 Å². The van der Waals surface area contributed by atoms with Crippen molar-refractivity contribution in [1.29, 1.82) is 0 Å². The van der Waals surface area contributed by atoms with E-state index in [2.05, 4.69) is 19.1 Å². The van der Waals surface area contributed by atoms with E-state index in [1.165, 1.54) is 97.0 Å². The molecule has 0 aromatic heterocycles. The molecule has 0 heterocycles. The normalized spacial score (nSPS) is 36.2.